The zero-order valence-electron chi connectivity index (χ0n) is 7.60. The van der Waals surface area contributed by atoms with Crippen LogP contribution < -0.4 is 0 Å². The Balaban J connectivity index is 2.96. The molecule has 0 aliphatic rings. The molecule has 0 amide bonds. The first-order valence-corrected chi connectivity index (χ1v) is 5.11. The van der Waals surface area contributed by atoms with Gasteiger partial charge in [-0.2, -0.15) is 0 Å². The average molecular weight is 273 g/mol. The van der Waals surface area contributed by atoms with Crippen molar-refractivity contribution >= 4 is 26.7 Å². The maximum absolute atomic E-state index is 13.5. The summed E-state index contributed by atoms with van der Waals surface area (Å²) in [4.78, 5) is 0. The van der Waals surface area contributed by atoms with E-state index in [1.54, 1.807) is 18.2 Å². The van der Waals surface area contributed by atoms with E-state index in [2.05, 4.69) is 15.9 Å². The molecule has 0 heterocycles. The molecular formula is C11H7BrF2O. The molecule has 15 heavy (non-hydrogen) atoms. The van der Waals surface area contributed by atoms with Crippen LogP contribution in [0.15, 0.2) is 28.7 Å². The Hall–Kier alpha value is -1.00. The van der Waals surface area contributed by atoms with Gasteiger partial charge in [-0.3, -0.25) is 0 Å². The molecule has 1 N–H and O–H groups in total. The molecular weight excluding hydrogens is 266 g/mol. The summed E-state index contributed by atoms with van der Waals surface area (Å²) in [6.07, 6.45) is 0. The van der Waals surface area contributed by atoms with Crippen LogP contribution in [0.2, 0.25) is 0 Å². The van der Waals surface area contributed by atoms with E-state index in [0.717, 1.165) is 0 Å². The molecule has 0 aliphatic carbocycles. The van der Waals surface area contributed by atoms with Crippen LogP contribution in [0.5, 0.6) is 0 Å². The molecule has 0 fully saturated rings. The van der Waals surface area contributed by atoms with Gasteiger partial charge in [0.15, 0.2) is 11.6 Å². The van der Waals surface area contributed by atoms with Crippen LogP contribution in [0.25, 0.3) is 10.8 Å². The summed E-state index contributed by atoms with van der Waals surface area (Å²) in [5.74, 6) is -1.92. The third-order valence-electron chi connectivity index (χ3n) is 2.28. The minimum absolute atomic E-state index is 0.0498. The van der Waals surface area contributed by atoms with Crippen LogP contribution in [0.3, 0.4) is 0 Å². The molecule has 0 spiro atoms. The Kier molecular flexibility index (Phi) is 2.71. The van der Waals surface area contributed by atoms with E-state index in [0.29, 0.717) is 9.86 Å². The van der Waals surface area contributed by atoms with E-state index >= 15 is 0 Å². The van der Waals surface area contributed by atoms with E-state index in [9.17, 15) is 8.78 Å². The maximum atomic E-state index is 13.5. The summed E-state index contributed by atoms with van der Waals surface area (Å²) in [6, 6.07) is 6.53. The highest BCUT2D eigenvalue weighted by molar-refractivity contribution is 9.10. The van der Waals surface area contributed by atoms with Crippen LogP contribution >= 0.6 is 15.9 Å². The van der Waals surface area contributed by atoms with Crippen molar-refractivity contribution in [1.29, 1.82) is 0 Å². The van der Waals surface area contributed by atoms with E-state index in [-0.39, 0.29) is 10.9 Å². The molecule has 78 valence electrons. The Morgan fingerprint density at radius 1 is 1.07 bits per heavy atom. The molecule has 0 radical (unpaired) electrons. The van der Waals surface area contributed by atoms with Gasteiger partial charge in [0, 0.05) is 15.4 Å². The Morgan fingerprint density at radius 2 is 1.67 bits per heavy atom. The number of hydrogen-bond acceptors (Lipinski definition) is 1. The van der Waals surface area contributed by atoms with Gasteiger partial charge in [0.25, 0.3) is 0 Å². The molecule has 1 nitrogen and oxygen atoms in total. The number of halogens is 3. The first kappa shape index (κ1) is 10.5. The SMILES string of the molecule is OCc1c(F)c(F)c2ccccc2c1Br. The Morgan fingerprint density at radius 3 is 2.27 bits per heavy atom. The molecule has 0 aromatic heterocycles. The fourth-order valence-corrected chi connectivity index (χ4v) is 2.16. The van der Waals surface area contributed by atoms with Crippen molar-refractivity contribution in [3.05, 3.63) is 45.9 Å². The lowest BCUT2D eigenvalue weighted by Gasteiger charge is -2.08. The molecule has 0 aliphatic heterocycles. The molecule has 4 heteroatoms. The first-order valence-electron chi connectivity index (χ1n) is 4.31. The van der Waals surface area contributed by atoms with Crippen molar-refractivity contribution in [2.24, 2.45) is 0 Å². The quantitative estimate of drug-likeness (QED) is 0.790. The summed E-state index contributed by atoms with van der Waals surface area (Å²) in [5.41, 5.74) is -0.0498. The van der Waals surface area contributed by atoms with Crippen LogP contribution in [-0.2, 0) is 6.61 Å². The van der Waals surface area contributed by atoms with Gasteiger partial charge in [-0.05, 0) is 21.3 Å². The predicted octanol–water partition coefficient (Wildman–Crippen LogP) is 3.37. The van der Waals surface area contributed by atoms with Gasteiger partial charge in [-0.15, -0.1) is 0 Å². The number of benzene rings is 2. The number of aliphatic hydroxyl groups excluding tert-OH is 1. The van der Waals surface area contributed by atoms with Crippen LogP contribution in [0, 0.1) is 11.6 Å². The van der Waals surface area contributed by atoms with E-state index in [1.165, 1.54) is 6.07 Å². The zero-order valence-corrected chi connectivity index (χ0v) is 9.18. The second kappa shape index (κ2) is 3.87. The number of fused-ring (bicyclic) bond motifs is 1. The smallest absolute Gasteiger partial charge is 0.167 e. The van der Waals surface area contributed by atoms with Gasteiger partial charge in [-0.25, -0.2) is 8.78 Å². The summed E-state index contributed by atoms with van der Waals surface area (Å²) >= 11 is 3.16. The molecule has 0 atom stereocenters. The zero-order chi connectivity index (χ0) is 11.0. The lowest BCUT2D eigenvalue weighted by molar-refractivity contribution is 0.273. The van der Waals surface area contributed by atoms with Gasteiger partial charge in [0.05, 0.1) is 6.61 Å². The number of aliphatic hydroxyl groups is 1. The minimum atomic E-state index is -0.997. The van der Waals surface area contributed by atoms with Gasteiger partial charge < -0.3 is 5.11 Å². The molecule has 2 aromatic carbocycles. The monoisotopic (exact) mass is 272 g/mol. The van der Waals surface area contributed by atoms with E-state index < -0.39 is 18.2 Å². The Bertz CT molecular complexity index is 525. The number of rotatable bonds is 1. The fourth-order valence-electron chi connectivity index (χ4n) is 1.51. The highest BCUT2D eigenvalue weighted by Gasteiger charge is 2.16. The highest BCUT2D eigenvalue weighted by atomic mass is 79.9. The van der Waals surface area contributed by atoms with Crippen LogP contribution in [0.1, 0.15) is 5.56 Å². The van der Waals surface area contributed by atoms with E-state index in [1.807, 2.05) is 0 Å². The van der Waals surface area contributed by atoms with Crippen LogP contribution in [0.4, 0.5) is 8.78 Å². The third kappa shape index (κ3) is 1.54. The van der Waals surface area contributed by atoms with Crippen molar-refractivity contribution < 1.29 is 13.9 Å². The lowest BCUT2D eigenvalue weighted by atomic mass is 10.1. The molecule has 2 rings (SSSR count). The van der Waals surface area contributed by atoms with Crippen molar-refractivity contribution in [3.8, 4) is 0 Å². The molecule has 0 unspecified atom stereocenters. The minimum Gasteiger partial charge on any atom is -0.392 e. The summed E-state index contributed by atoms with van der Waals surface area (Å²) in [5, 5.41) is 9.71. The molecule has 0 bridgehead atoms. The van der Waals surface area contributed by atoms with Gasteiger partial charge in [0.2, 0.25) is 0 Å². The Labute approximate surface area is 93.5 Å². The standard InChI is InChI=1S/C11H7BrF2O/c12-9-6-3-1-2-4-7(6)10(13)11(14)8(9)5-15/h1-4,15H,5H2. The molecule has 0 saturated carbocycles. The topological polar surface area (TPSA) is 20.2 Å². The normalized spacial score (nSPS) is 10.9. The van der Waals surface area contributed by atoms with Crippen molar-refractivity contribution in [1.82, 2.24) is 0 Å². The lowest BCUT2D eigenvalue weighted by Crippen LogP contribution is -1.97. The van der Waals surface area contributed by atoms with Gasteiger partial charge >= 0.3 is 0 Å². The largest absolute Gasteiger partial charge is 0.392 e. The van der Waals surface area contributed by atoms with Crippen molar-refractivity contribution in [2.45, 2.75) is 6.61 Å². The fraction of sp³-hybridized carbons (Fsp3) is 0.0909. The number of hydrogen-bond donors (Lipinski definition) is 1. The average Bonchev–Trinajstić information content (AvgIpc) is 2.27. The maximum Gasteiger partial charge on any atom is 0.167 e. The van der Waals surface area contributed by atoms with Crippen molar-refractivity contribution in [3.63, 3.8) is 0 Å². The van der Waals surface area contributed by atoms with Gasteiger partial charge in [0.1, 0.15) is 0 Å². The molecule has 2 aromatic rings. The highest BCUT2D eigenvalue weighted by Crippen LogP contribution is 2.32. The second-order valence-corrected chi connectivity index (χ2v) is 3.92. The summed E-state index contributed by atoms with van der Waals surface area (Å²) < 4.78 is 27.3. The van der Waals surface area contributed by atoms with Gasteiger partial charge in [-0.1, -0.05) is 24.3 Å². The molecule has 0 saturated heterocycles. The summed E-state index contributed by atoms with van der Waals surface area (Å²) in [7, 11) is 0. The van der Waals surface area contributed by atoms with E-state index in [4.69, 9.17) is 5.11 Å². The summed E-state index contributed by atoms with van der Waals surface area (Å²) in [6.45, 7) is -0.534. The first-order chi connectivity index (χ1) is 7.16. The second-order valence-electron chi connectivity index (χ2n) is 3.12. The van der Waals surface area contributed by atoms with Crippen LogP contribution in [-0.4, -0.2) is 5.11 Å². The van der Waals surface area contributed by atoms with Crippen molar-refractivity contribution in [2.75, 3.05) is 0 Å². The third-order valence-corrected chi connectivity index (χ3v) is 3.19. The predicted molar refractivity (Wildman–Crippen MR) is 57.5 cm³/mol.